The van der Waals surface area contributed by atoms with Gasteiger partial charge in [-0.05, 0) is 44.5 Å². The molecule has 0 saturated carbocycles. The fourth-order valence-corrected chi connectivity index (χ4v) is 10.5. The first kappa shape index (κ1) is 41.1. The van der Waals surface area contributed by atoms with Gasteiger partial charge in [0, 0.05) is 22.8 Å². The molecular formula is C60H44BN8-. The third-order valence-electron chi connectivity index (χ3n) is 13.4. The topological polar surface area (TPSA) is 115 Å². The first-order valence-corrected chi connectivity index (χ1v) is 23.2. The summed E-state index contributed by atoms with van der Waals surface area (Å²) in [6.45, 7) is 0. The van der Waals surface area contributed by atoms with Crippen molar-refractivity contribution in [1.82, 2.24) is 40.8 Å². The Labute approximate surface area is 399 Å². The molecule has 0 spiro atoms. The van der Waals surface area contributed by atoms with Gasteiger partial charge in [0.1, 0.15) is 6.15 Å². The van der Waals surface area contributed by atoms with E-state index in [2.05, 4.69) is 263 Å². The summed E-state index contributed by atoms with van der Waals surface area (Å²) in [6.07, 6.45) is -2.72. The predicted octanol–water partition coefficient (Wildman–Crippen LogP) is 11.3. The van der Waals surface area contributed by atoms with Crippen molar-refractivity contribution in [2.24, 2.45) is 0 Å². The molecule has 12 rings (SSSR count). The predicted molar refractivity (Wildman–Crippen MR) is 282 cm³/mol. The molecule has 8 aromatic carbocycles. The van der Waals surface area contributed by atoms with Crippen LogP contribution in [0, 0.1) is 0 Å². The molecule has 12 aromatic rings. The van der Waals surface area contributed by atoms with E-state index in [1.54, 1.807) is 0 Å². The lowest BCUT2D eigenvalue weighted by molar-refractivity contribution is 1.10. The third-order valence-corrected chi connectivity index (χ3v) is 13.4. The molecule has 0 aliphatic carbocycles. The van der Waals surface area contributed by atoms with Crippen LogP contribution < -0.4 is 21.9 Å². The molecule has 0 aliphatic rings. The van der Waals surface area contributed by atoms with E-state index >= 15 is 0 Å². The number of rotatable bonds is 12. The molecule has 0 fully saturated rings. The highest BCUT2D eigenvalue weighted by molar-refractivity contribution is 7.23. The first-order valence-electron chi connectivity index (χ1n) is 23.2. The Bertz CT molecular complexity index is 2910. The van der Waals surface area contributed by atoms with Gasteiger partial charge in [0.2, 0.25) is 0 Å². The summed E-state index contributed by atoms with van der Waals surface area (Å²) in [7, 11) is 0. The van der Waals surface area contributed by atoms with Crippen LogP contribution in [-0.4, -0.2) is 46.9 Å². The zero-order valence-corrected chi connectivity index (χ0v) is 37.5. The van der Waals surface area contributed by atoms with Gasteiger partial charge in [-0.25, -0.2) is 0 Å². The monoisotopic (exact) mass is 887 g/mol. The van der Waals surface area contributed by atoms with Crippen molar-refractivity contribution in [1.29, 1.82) is 0 Å². The van der Waals surface area contributed by atoms with Gasteiger partial charge in [0.15, 0.2) is 0 Å². The zero-order chi connectivity index (χ0) is 46.0. The van der Waals surface area contributed by atoms with Crippen molar-refractivity contribution in [2.75, 3.05) is 0 Å². The van der Waals surface area contributed by atoms with Crippen LogP contribution in [-0.2, 0) is 0 Å². The van der Waals surface area contributed by atoms with Crippen LogP contribution in [0.2, 0.25) is 0 Å². The number of nitrogens with zero attached hydrogens (tertiary/aromatic N) is 4. The van der Waals surface area contributed by atoms with E-state index in [4.69, 9.17) is 20.4 Å². The lowest BCUT2D eigenvalue weighted by atomic mass is 9.11. The maximum Gasteiger partial charge on any atom is 0.129 e. The average Bonchev–Trinajstić information content (AvgIpc) is 4.28. The van der Waals surface area contributed by atoms with Crippen molar-refractivity contribution in [3.63, 3.8) is 0 Å². The van der Waals surface area contributed by atoms with Crippen molar-refractivity contribution >= 4 is 28.0 Å². The molecule has 4 N–H and O–H groups in total. The molecule has 0 aliphatic heterocycles. The number of aromatic nitrogens is 8. The molecule has 4 aromatic heterocycles. The average molecular weight is 888 g/mol. The van der Waals surface area contributed by atoms with Gasteiger partial charge in [-0.1, -0.05) is 243 Å². The molecule has 4 heterocycles. The smallest absolute Gasteiger partial charge is 0.129 e. The highest BCUT2D eigenvalue weighted by Crippen LogP contribution is 2.38. The lowest BCUT2D eigenvalue weighted by Gasteiger charge is -2.46. The highest BCUT2D eigenvalue weighted by atomic mass is 15.2. The summed E-state index contributed by atoms with van der Waals surface area (Å²) >= 11 is 0. The van der Waals surface area contributed by atoms with Gasteiger partial charge in [-0.15, -0.1) is 21.9 Å². The standard InChI is InChI=1S/C60H44BN8/c1-9-25-41(26-10-1)53-49(54(63-62-53)42-27-11-2-12-28-42)61(50-55(43-29-13-3-14-30-43)64-65-56(50)44-31-15-4-16-32-44,51-57(45-33-17-5-18-34-45)66-67-58(51)46-35-19-6-20-36-46)52-59(47-37-21-7-22-38-47)68-69-60(52)48-39-23-8-24-40-48/h1-40H,(H,62,63)(H,64,65)(H,66,67)(H,68,69)/q-1. The maximum atomic E-state index is 5.47. The Morgan fingerprint density at radius 1 is 0.203 bits per heavy atom. The molecule has 8 nitrogen and oxygen atoms in total. The van der Waals surface area contributed by atoms with E-state index in [1.807, 2.05) is 0 Å². The Morgan fingerprint density at radius 3 is 0.536 bits per heavy atom. The molecule has 0 atom stereocenters. The number of benzene rings is 8. The van der Waals surface area contributed by atoms with Gasteiger partial charge < -0.3 is 0 Å². The minimum absolute atomic E-state index is 0.784. The SMILES string of the molecule is c1ccc(-c2n[nH]c(-c3ccccc3)c2[B-](c2c(-c3ccccc3)n[nH]c2-c2ccccc2)(c2c(-c3ccccc3)n[nH]c2-c2ccccc2)c2c(-c3ccccc3)n[nH]c2-c2ccccc2)cc1. The highest BCUT2D eigenvalue weighted by Gasteiger charge is 2.48. The molecule has 0 bridgehead atoms. The van der Waals surface area contributed by atoms with Crippen LogP contribution in [0.25, 0.3) is 90.1 Å². The molecule has 0 saturated heterocycles. The summed E-state index contributed by atoms with van der Waals surface area (Å²) in [6, 6.07) is 84.3. The van der Waals surface area contributed by atoms with Crippen LogP contribution in [0.4, 0.5) is 0 Å². The molecular weight excluding hydrogens is 844 g/mol. The van der Waals surface area contributed by atoms with Gasteiger partial charge in [0.05, 0.1) is 22.8 Å². The Kier molecular flexibility index (Phi) is 10.6. The van der Waals surface area contributed by atoms with E-state index in [0.717, 1.165) is 112 Å². The number of H-pyrrole nitrogens is 4. The second-order valence-electron chi connectivity index (χ2n) is 17.2. The molecule has 0 amide bonds. The second kappa shape index (κ2) is 17.8. The first-order chi connectivity index (χ1) is 34.3. The van der Waals surface area contributed by atoms with E-state index in [9.17, 15) is 0 Å². The Balaban J connectivity index is 1.44. The third kappa shape index (κ3) is 7.12. The quantitative estimate of drug-likeness (QED) is 0.0915. The molecule has 0 radical (unpaired) electrons. The van der Waals surface area contributed by atoms with E-state index in [0.29, 0.717) is 0 Å². The van der Waals surface area contributed by atoms with Gasteiger partial charge in [-0.3, -0.25) is 20.4 Å². The van der Waals surface area contributed by atoms with Gasteiger partial charge >= 0.3 is 0 Å². The Morgan fingerprint density at radius 2 is 0.362 bits per heavy atom. The van der Waals surface area contributed by atoms with Gasteiger partial charge in [-0.2, -0.15) is 20.4 Å². The summed E-state index contributed by atoms with van der Waals surface area (Å²) in [5.41, 5.74) is 18.0. The number of aromatic amines is 4. The number of nitrogens with one attached hydrogen (secondary N) is 4. The molecule has 69 heavy (non-hydrogen) atoms. The van der Waals surface area contributed by atoms with Crippen LogP contribution in [0.15, 0.2) is 243 Å². The van der Waals surface area contributed by atoms with Crippen molar-refractivity contribution in [3.05, 3.63) is 243 Å². The number of hydrogen-bond acceptors (Lipinski definition) is 4. The summed E-state index contributed by atoms with van der Waals surface area (Å²) < 4.78 is 0. The van der Waals surface area contributed by atoms with E-state index < -0.39 is 6.15 Å². The zero-order valence-electron chi connectivity index (χ0n) is 37.5. The minimum atomic E-state index is -2.72. The van der Waals surface area contributed by atoms with Gasteiger partial charge in [0.25, 0.3) is 0 Å². The maximum absolute atomic E-state index is 5.47. The van der Waals surface area contributed by atoms with Crippen molar-refractivity contribution in [2.45, 2.75) is 0 Å². The van der Waals surface area contributed by atoms with Crippen molar-refractivity contribution < 1.29 is 0 Å². The normalized spacial score (nSPS) is 11.5. The summed E-state index contributed by atoms with van der Waals surface area (Å²) in [5.74, 6) is 0. The summed E-state index contributed by atoms with van der Waals surface area (Å²) in [5, 5.41) is 36.7. The fourth-order valence-electron chi connectivity index (χ4n) is 10.5. The molecule has 9 heteroatoms. The summed E-state index contributed by atoms with van der Waals surface area (Å²) in [4.78, 5) is 0. The van der Waals surface area contributed by atoms with E-state index in [-0.39, 0.29) is 0 Å². The van der Waals surface area contributed by atoms with Crippen LogP contribution in [0.1, 0.15) is 0 Å². The van der Waals surface area contributed by atoms with Crippen LogP contribution >= 0.6 is 0 Å². The molecule has 0 unspecified atom stereocenters. The van der Waals surface area contributed by atoms with Crippen LogP contribution in [0.5, 0.6) is 0 Å². The number of hydrogen-bond donors (Lipinski definition) is 4. The van der Waals surface area contributed by atoms with Crippen LogP contribution in [0.3, 0.4) is 0 Å². The minimum Gasteiger partial charge on any atom is -0.281 e. The lowest BCUT2D eigenvalue weighted by Crippen LogP contribution is -2.77. The second-order valence-corrected chi connectivity index (χ2v) is 17.2. The Hall–Kier alpha value is -9.34. The molecule has 328 valence electrons. The van der Waals surface area contributed by atoms with E-state index in [1.165, 1.54) is 0 Å². The van der Waals surface area contributed by atoms with Crippen molar-refractivity contribution in [3.8, 4) is 90.1 Å². The fraction of sp³-hybridized carbons (Fsp3) is 0. The largest absolute Gasteiger partial charge is 0.281 e.